The zero-order valence-corrected chi connectivity index (χ0v) is 22.9. The number of hydrogen-bond donors (Lipinski definition) is 0. The maximum absolute atomic E-state index is 6.63. The van der Waals surface area contributed by atoms with Gasteiger partial charge in [0.15, 0.2) is 0 Å². The minimum atomic E-state index is -2.11. The van der Waals surface area contributed by atoms with E-state index < -0.39 is 13.3 Å². The molecule has 4 heterocycles. The average Bonchev–Trinajstić information content (AvgIpc) is 3.57. The molecule has 0 unspecified atom stereocenters. The first-order valence-corrected chi connectivity index (χ1v) is 19.9. The summed E-state index contributed by atoms with van der Waals surface area (Å²) in [7, 11) is 0. The number of para-hydroxylation sites is 3. The van der Waals surface area contributed by atoms with Crippen molar-refractivity contribution in [3.63, 3.8) is 0 Å². The van der Waals surface area contributed by atoms with Crippen LogP contribution in [0, 0.1) is 0 Å². The minimum absolute atomic E-state index is 0.823. The fourth-order valence-electron chi connectivity index (χ4n) is 5.70. The Balaban J connectivity index is 1.40. The summed E-state index contributed by atoms with van der Waals surface area (Å²) in [6.07, 6.45) is 1.94. The molecule has 8 aromatic rings. The molecule has 5 heteroatoms. The van der Waals surface area contributed by atoms with Crippen LogP contribution in [0.1, 0.15) is 0 Å². The van der Waals surface area contributed by atoms with Gasteiger partial charge >= 0.3 is 181 Å². The second kappa shape index (κ2) is 7.27. The molecule has 37 heavy (non-hydrogen) atoms. The summed E-state index contributed by atoms with van der Waals surface area (Å²) in [6.45, 7) is 0. The summed E-state index contributed by atoms with van der Waals surface area (Å²) in [5, 5.41) is 6.40. The number of pyridine rings is 1. The van der Waals surface area contributed by atoms with Gasteiger partial charge in [-0.05, 0) is 6.07 Å². The van der Waals surface area contributed by atoms with E-state index in [9.17, 15) is 0 Å². The molecule has 0 aliphatic heterocycles. The Morgan fingerprint density at radius 1 is 0.568 bits per heavy atom. The number of rotatable bonds is 2. The van der Waals surface area contributed by atoms with Crippen molar-refractivity contribution in [1.29, 1.82) is 0 Å². The number of nitrogens with zero attached hydrogens (tertiary/aromatic N) is 1. The predicted molar refractivity (Wildman–Crippen MR) is 154 cm³/mol. The van der Waals surface area contributed by atoms with Crippen LogP contribution in [-0.2, 0) is 0 Å². The van der Waals surface area contributed by atoms with Gasteiger partial charge in [-0.2, -0.15) is 0 Å². The third-order valence-corrected chi connectivity index (χ3v) is 11.7. The van der Waals surface area contributed by atoms with E-state index in [4.69, 9.17) is 18.2 Å². The monoisotopic (exact) mass is 543 g/mol. The molecule has 0 saturated carbocycles. The van der Waals surface area contributed by atoms with Crippen molar-refractivity contribution >= 4 is 83.5 Å². The van der Waals surface area contributed by atoms with Crippen LogP contribution >= 0.6 is 0 Å². The molecule has 0 saturated heterocycles. The molecule has 0 aliphatic rings. The summed E-state index contributed by atoms with van der Waals surface area (Å²) in [4.78, 5) is 4.89. The van der Waals surface area contributed by atoms with Crippen LogP contribution in [0.3, 0.4) is 0 Å². The number of aromatic nitrogens is 1. The van der Waals surface area contributed by atoms with Gasteiger partial charge in [0.25, 0.3) is 0 Å². The van der Waals surface area contributed by atoms with Crippen molar-refractivity contribution in [2.75, 3.05) is 0 Å². The summed E-state index contributed by atoms with van der Waals surface area (Å²) in [5.41, 5.74) is 7.02. The van der Waals surface area contributed by atoms with Gasteiger partial charge in [-0.15, -0.1) is 0 Å². The second-order valence-corrected chi connectivity index (χ2v) is 21.4. The SMILES string of the molecule is [CH3][Ge]([CH3])([CH3])[c]1cccc2c1oc1cc(-c3cccc4c3oc3c4ccc4oc5ccccc5c43)ncc12. The van der Waals surface area contributed by atoms with E-state index in [0.29, 0.717) is 0 Å². The molecule has 0 amide bonds. The van der Waals surface area contributed by atoms with Gasteiger partial charge < -0.3 is 4.42 Å². The molecule has 0 N–H and O–H groups in total. The fourth-order valence-corrected chi connectivity index (χ4v) is 8.77. The Morgan fingerprint density at radius 2 is 1.32 bits per heavy atom. The van der Waals surface area contributed by atoms with Crippen LogP contribution < -0.4 is 4.40 Å². The molecule has 0 atom stereocenters. The van der Waals surface area contributed by atoms with Crippen molar-refractivity contribution in [1.82, 2.24) is 4.98 Å². The van der Waals surface area contributed by atoms with Crippen molar-refractivity contribution in [2.24, 2.45) is 0 Å². The van der Waals surface area contributed by atoms with Crippen molar-refractivity contribution in [2.45, 2.75) is 17.3 Å². The van der Waals surface area contributed by atoms with E-state index >= 15 is 0 Å². The molecule has 4 aromatic carbocycles. The van der Waals surface area contributed by atoms with E-state index in [-0.39, 0.29) is 0 Å². The Kier molecular flexibility index (Phi) is 4.14. The molecule has 4 aromatic heterocycles. The Hall–Kier alpha value is -4.03. The van der Waals surface area contributed by atoms with Gasteiger partial charge in [0.1, 0.15) is 5.58 Å². The van der Waals surface area contributed by atoms with Crippen LogP contribution in [0.5, 0.6) is 0 Å². The van der Waals surface area contributed by atoms with Crippen LogP contribution in [0.2, 0.25) is 17.3 Å². The summed E-state index contributed by atoms with van der Waals surface area (Å²) >= 11 is -2.11. The number of hydrogen-bond acceptors (Lipinski definition) is 4. The molecule has 0 spiro atoms. The Morgan fingerprint density at radius 3 is 2.19 bits per heavy atom. The van der Waals surface area contributed by atoms with Crippen LogP contribution in [0.4, 0.5) is 0 Å². The van der Waals surface area contributed by atoms with Crippen LogP contribution in [0.15, 0.2) is 98.3 Å². The third kappa shape index (κ3) is 2.93. The Bertz CT molecular complexity index is 2190. The predicted octanol–water partition coefficient (Wildman–Crippen LogP) is 8.99. The second-order valence-electron chi connectivity index (χ2n) is 10.8. The van der Waals surface area contributed by atoms with E-state index in [1.807, 2.05) is 30.5 Å². The first-order valence-electron chi connectivity index (χ1n) is 12.5. The van der Waals surface area contributed by atoms with Gasteiger partial charge in [0.2, 0.25) is 0 Å². The molecule has 178 valence electrons. The molecule has 0 bridgehead atoms. The van der Waals surface area contributed by atoms with Gasteiger partial charge in [-0.1, -0.05) is 18.2 Å². The zero-order chi connectivity index (χ0) is 24.9. The molecule has 8 rings (SSSR count). The first kappa shape index (κ1) is 21.1. The number of benzene rings is 4. The van der Waals surface area contributed by atoms with E-state index in [1.165, 1.54) is 4.40 Å². The molecular formula is C32H23GeNO3. The maximum atomic E-state index is 6.63. The van der Waals surface area contributed by atoms with Gasteiger partial charge in [-0.3, -0.25) is 0 Å². The summed E-state index contributed by atoms with van der Waals surface area (Å²) in [5.74, 6) is 7.19. The molecule has 0 aliphatic carbocycles. The number of furan rings is 3. The van der Waals surface area contributed by atoms with Gasteiger partial charge in [0, 0.05) is 0 Å². The standard InChI is InChI=1S/C32H23GeNO3/c1-33(2,3)24-12-7-10-19-23-17-34-25(16-28(23)36-31(19)24)21-11-6-9-18-20-14-15-27-29(32(20)37-30(18)21)22-8-4-5-13-26(22)35-27/h4-17H,1-3H3. The molecule has 4 nitrogen and oxygen atoms in total. The molecular weight excluding hydrogens is 519 g/mol. The van der Waals surface area contributed by atoms with Crippen LogP contribution in [-0.4, -0.2) is 18.3 Å². The summed E-state index contributed by atoms with van der Waals surface area (Å²) in [6, 6.07) is 27.1. The van der Waals surface area contributed by atoms with Crippen molar-refractivity contribution in [3.05, 3.63) is 85.1 Å². The topological polar surface area (TPSA) is 52.3 Å². The molecule has 0 fully saturated rings. The van der Waals surface area contributed by atoms with Gasteiger partial charge in [0.05, 0.1) is 0 Å². The van der Waals surface area contributed by atoms with Crippen molar-refractivity contribution < 1.29 is 13.3 Å². The van der Waals surface area contributed by atoms with E-state index in [0.717, 1.165) is 77.1 Å². The van der Waals surface area contributed by atoms with E-state index in [2.05, 4.69) is 71.9 Å². The quantitative estimate of drug-likeness (QED) is 0.205. The van der Waals surface area contributed by atoms with Crippen molar-refractivity contribution in [3.8, 4) is 11.3 Å². The normalized spacial score (nSPS) is 12.7. The van der Waals surface area contributed by atoms with Crippen LogP contribution in [0.25, 0.3) is 77.1 Å². The zero-order valence-electron chi connectivity index (χ0n) is 20.8. The average molecular weight is 542 g/mol. The van der Waals surface area contributed by atoms with Gasteiger partial charge in [-0.25, -0.2) is 0 Å². The Labute approximate surface area is 214 Å². The van der Waals surface area contributed by atoms with E-state index in [1.54, 1.807) is 0 Å². The third-order valence-electron chi connectivity index (χ3n) is 7.47. The molecule has 0 radical (unpaired) electrons. The fraction of sp³-hybridized carbons (Fsp3) is 0.0938. The summed E-state index contributed by atoms with van der Waals surface area (Å²) < 4.78 is 20.6. The first-order chi connectivity index (χ1) is 18.0. The number of fused-ring (bicyclic) bond motifs is 10.